The van der Waals surface area contributed by atoms with Crippen LogP contribution in [0.25, 0.3) is 11.1 Å². The fourth-order valence-electron chi connectivity index (χ4n) is 4.91. The van der Waals surface area contributed by atoms with Crippen LogP contribution in [0.5, 0.6) is 0 Å². The van der Waals surface area contributed by atoms with Gasteiger partial charge in [0.05, 0.1) is 18.2 Å². The molecule has 2 N–H and O–H groups in total. The Bertz CT molecular complexity index is 1650. The number of nitrogens with zero attached hydrogens (tertiary/aromatic N) is 2. The highest BCUT2D eigenvalue weighted by atomic mass is 19.4. The number of carbonyl (C=O) groups is 1. The molecule has 3 aromatic carbocycles. The number of hydrogen-bond donors (Lipinski definition) is 2. The Morgan fingerprint density at radius 2 is 1.80 bits per heavy atom. The Balaban J connectivity index is 1.57. The molecule has 1 amide bonds. The predicted octanol–water partition coefficient (Wildman–Crippen LogP) is 6.51. The molecule has 5 nitrogen and oxygen atoms in total. The van der Waals surface area contributed by atoms with Gasteiger partial charge in [0.15, 0.2) is 0 Å². The molecule has 10 heteroatoms. The van der Waals surface area contributed by atoms with Crippen molar-refractivity contribution in [2.24, 2.45) is 13.0 Å². The Hall–Kier alpha value is -4.21. The largest absolute Gasteiger partial charge is 0.417 e. The minimum atomic E-state index is -4.82. The topological polar surface area (TPSA) is 62.8 Å². The van der Waals surface area contributed by atoms with Crippen molar-refractivity contribution in [3.63, 3.8) is 0 Å². The van der Waals surface area contributed by atoms with Gasteiger partial charge in [-0.3, -0.25) is 10.2 Å². The van der Waals surface area contributed by atoms with E-state index in [4.69, 9.17) is 5.41 Å². The lowest BCUT2D eigenvalue weighted by Crippen LogP contribution is -2.30. The first kappa shape index (κ1) is 27.4. The van der Waals surface area contributed by atoms with Crippen LogP contribution in [0, 0.1) is 29.9 Å². The van der Waals surface area contributed by atoms with Crippen LogP contribution in [0.2, 0.25) is 0 Å². The van der Waals surface area contributed by atoms with Gasteiger partial charge in [0.1, 0.15) is 11.6 Å². The van der Waals surface area contributed by atoms with E-state index in [-0.39, 0.29) is 46.6 Å². The number of imidazole rings is 1. The molecule has 40 heavy (non-hydrogen) atoms. The van der Waals surface area contributed by atoms with Gasteiger partial charge in [-0.2, -0.15) is 13.2 Å². The molecule has 0 radical (unpaired) electrons. The fraction of sp³-hybridized carbons (Fsp3) is 0.267. The molecule has 0 spiro atoms. The minimum absolute atomic E-state index is 0.0960. The predicted molar refractivity (Wildman–Crippen MR) is 139 cm³/mol. The Morgan fingerprint density at radius 1 is 1.05 bits per heavy atom. The van der Waals surface area contributed by atoms with Crippen molar-refractivity contribution in [1.29, 1.82) is 5.41 Å². The summed E-state index contributed by atoms with van der Waals surface area (Å²) in [5.41, 5.74) is 0.659. The van der Waals surface area contributed by atoms with Crippen molar-refractivity contribution in [2.75, 3.05) is 0 Å². The van der Waals surface area contributed by atoms with E-state index in [1.807, 2.05) is 0 Å². The quantitative estimate of drug-likeness (QED) is 0.252. The van der Waals surface area contributed by atoms with Crippen LogP contribution in [0.15, 0.2) is 67.0 Å². The zero-order chi connectivity index (χ0) is 28.8. The van der Waals surface area contributed by atoms with Crippen molar-refractivity contribution in [3.8, 4) is 11.1 Å². The van der Waals surface area contributed by atoms with Crippen LogP contribution < -0.4 is 10.9 Å². The van der Waals surface area contributed by atoms with Crippen LogP contribution in [0.3, 0.4) is 0 Å². The third-order valence-corrected chi connectivity index (χ3v) is 7.20. The molecule has 0 aliphatic heterocycles. The summed E-state index contributed by atoms with van der Waals surface area (Å²) in [6.07, 6.45) is 0.276. The smallest absolute Gasteiger partial charge is 0.345 e. The summed E-state index contributed by atoms with van der Waals surface area (Å²) in [5, 5.41) is 11.2. The molecule has 1 heterocycles. The summed E-state index contributed by atoms with van der Waals surface area (Å²) in [7, 11) is 1.69. The summed E-state index contributed by atoms with van der Waals surface area (Å²) in [5.74, 6) is -1.71. The average molecular weight is 555 g/mol. The summed E-state index contributed by atoms with van der Waals surface area (Å²) in [6.45, 7) is 1.77. The van der Waals surface area contributed by atoms with Gasteiger partial charge in [-0.05, 0) is 89.9 Å². The molecule has 1 atom stereocenters. The van der Waals surface area contributed by atoms with Crippen LogP contribution in [0.1, 0.15) is 51.5 Å². The Labute approximate surface area is 227 Å². The number of rotatable bonds is 7. The maximum atomic E-state index is 13.9. The lowest BCUT2D eigenvalue weighted by Gasteiger charge is -2.21. The van der Waals surface area contributed by atoms with Crippen molar-refractivity contribution in [2.45, 2.75) is 38.5 Å². The Morgan fingerprint density at radius 3 is 2.42 bits per heavy atom. The van der Waals surface area contributed by atoms with E-state index < -0.39 is 23.5 Å². The van der Waals surface area contributed by atoms with Crippen LogP contribution in [-0.2, 0) is 19.8 Å². The first-order valence-corrected chi connectivity index (χ1v) is 12.7. The second kappa shape index (κ2) is 10.4. The minimum Gasteiger partial charge on any atom is -0.345 e. The van der Waals surface area contributed by atoms with E-state index in [0.717, 1.165) is 30.5 Å². The van der Waals surface area contributed by atoms with Gasteiger partial charge >= 0.3 is 6.18 Å². The van der Waals surface area contributed by atoms with Crippen molar-refractivity contribution >= 4 is 5.91 Å². The molecule has 1 aliphatic carbocycles. The van der Waals surface area contributed by atoms with Gasteiger partial charge in [0.25, 0.3) is 5.91 Å². The molecule has 1 aromatic heterocycles. The molecule has 0 unspecified atom stereocenters. The number of carbonyl (C=O) groups excluding carboxylic acids is 1. The molecule has 0 saturated heterocycles. The molecule has 1 aliphatic rings. The molecule has 208 valence electrons. The van der Waals surface area contributed by atoms with Crippen molar-refractivity contribution in [3.05, 3.63) is 112 Å². The third-order valence-electron chi connectivity index (χ3n) is 7.20. The molecular formula is C30H27F5N4O. The molecular weight excluding hydrogens is 527 g/mol. The van der Waals surface area contributed by atoms with Crippen LogP contribution in [0.4, 0.5) is 22.0 Å². The highest BCUT2D eigenvalue weighted by Gasteiger charge is 2.35. The summed E-state index contributed by atoms with van der Waals surface area (Å²) in [4.78, 5) is 13.6. The number of hydrogen-bond acceptors (Lipinski definition) is 2. The zero-order valence-electron chi connectivity index (χ0n) is 21.8. The Kier molecular flexibility index (Phi) is 7.12. The number of aromatic nitrogens is 2. The molecule has 4 aromatic rings. The maximum Gasteiger partial charge on any atom is 0.417 e. The highest BCUT2D eigenvalue weighted by Crippen LogP contribution is 2.42. The summed E-state index contributed by atoms with van der Waals surface area (Å²) < 4.78 is 72.6. The molecule has 0 bridgehead atoms. The number of amides is 1. The summed E-state index contributed by atoms with van der Waals surface area (Å²) in [6, 6.07) is 11.2. The monoisotopic (exact) mass is 554 g/mol. The van der Waals surface area contributed by atoms with Crippen LogP contribution in [-0.4, -0.2) is 15.0 Å². The zero-order valence-corrected chi connectivity index (χ0v) is 21.8. The lowest BCUT2D eigenvalue weighted by molar-refractivity contribution is -0.137. The number of nitrogens with one attached hydrogen (secondary N) is 2. The normalized spacial score (nSPS) is 14.3. The average Bonchev–Trinajstić information content (AvgIpc) is 3.70. The van der Waals surface area contributed by atoms with Crippen molar-refractivity contribution in [1.82, 2.24) is 14.5 Å². The first-order chi connectivity index (χ1) is 18.9. The molecule has 1 fully saturated rings. The first-order valence-electron chi connectivity index (χ1n) is 12.7. The van der Waals surface area contributed by atoms with E-state index in [0.29, 0.717) is 17.2 Å². The van der Waals surface area contributed by atoms with Gasteiger partial charge in [-0.25, -0.2) is 8.78 Å². The van der Waals surface area contributed by atoms with Gasteiger partial charge in [0.2, 0.25) is 5.62 Å². The highest BCUT2D eigenvalue weighted by molar-refractivity contribution is 5.96. The standard InChI is InChI=1S/C30H27F5N4O/c1-17-11-20(5-8-26(17)32)27(19-3-4-19)37-28(40)22-13-18(16-39-10-9-38(2)29(39)36)12-21(14-22)24-7-6-23(31)15-25(24)30(33,34)35/h5-15,19,27,36H,3-4,16H2,1-2H3,(H,37,40)/t27-/m0/s1. The van der Waals surface area contributed by atoms with E-state index in [1.54, 1.807) is 53.7 Å². The number of alkyl halides is 3. The number of aryl methyl sites for hydroxylation is 2. The summed E-state index contributed by atoms with van der Waals surface area (Å²) >= 11 is 0. The van der Waals surface area contributed by atoms with Gasteiger partial charge in [0, 0.05) is 25.0 Å². The molecule has 5 rings (SSSR count). The third kappa shape index (κ3) is 5.71. The fourth-order valence-corrected chi connectivity index (χ4v) is 4.91. The van der Waals surface area contributed by atoms with E-state index >= 15 is 0 Å². The maximum absolute atomic E-state index is 13.9. The molecule has 1 saturated carbocycles. The van der Waals surface area contributed by atoms with Gasteiger partial charge in [-0.1, -0.05) is 18.2 Å². The van der Waals surface area contributed by atoms with E-state index in [9.17, 15) is 26.7 Å². The van der Waals surface area contributed by atoms with E-state index in [2.05, 4.69) is 5.32 Å². The number of halogens is 5. The van der Waals surface area contributed by atoms with Crippen molar-refractivity contribution < 1.29 is 26.7 Å². The van der Waals surface area contributed by atoms with Crippen LogP contribution >= 0.6 is 0 Å². The second-order valence-electron chi connectivity index (χ2n) is 10.3. The van der Waals surface area contributed by atoms with Gasteiger partial charge in [-0.15, -0.1) is 0 Å². The lowest BCUT2D eigenvalue weighted by atomic mass is 9.94. The van der Waals surface area contributed by atoms with E-state index in [1.165, 1.54) is 18.2 Å². The second-order valence-corrected chi connectivity index (χ2v) is 10.3. The van der Waals surface area contributed by atoms with Gasteiger partial charge < -0.3 is 14.5 Å². The SMILES string of the molecule is Cc1cc([C@@H](NC(=O)c2cc(Cn3ccn(C)c3=N)cc(-c3ccc(F)cc3C(F)(F)F)c2)C2CC2)ccc1F. The number of benzene rings is 3.